The van der Waals surface area contributed by atoms with Crippen molar-refractivity contribution in [3.8, 4) is 17.7 Å². The molecule has 3 rings (SSSR count). The van der Waals surface area contributed by atoms with E-state index in [-0.39, 0.29) is 34.6 Å². The van der Waals surface area contributed by atoms with Crippen LogP contribution in [0.5, 0.6) is 11.5 Å². The lowest BCUT2D eigenvalue weighted by molar-refractivity contribution is -0.114. The summed E-state index contributed by atoms with van der Waals surface area (Å²) in [5, 5.41) is 9.07. The van der Waals surface area contributed by atoms with Gasteiger partial charge in [-0.3, -0.25) is 9.79 Å². The predicted molar refractivity (Wildman–Crippen MR) is 115 cm³/mol. The molecule has 0 unspecified atom stereocenters. The van der Waals surface area contributed by atoms with Crippen molar-refractivity contribution in [1.82, 2.24) is 4.90 Å². The van der Waals surface area contributed by atoms with E-state index in [1.807, 2.05) is 0 Å². The second-order valence-electron chi connectivity index (χ2n) is 7.21. The summed E-state index contributed by atoms with van der Waals surface area (Å²) >= 11 is 0. The number of benzene rings is 2. The van der Waals surface area contributed by atoms with Crippen molar-refractivity contribution in [3.63, 3.8) is 0 Å². The van der Waals surface area contributed by atoms with Gasteiger partial charge in [0.2, 0.25) is 0 Å². The minimum Gasteiger partial charge on any atom is -0.454 e. The maximum atomic E-state index is 13.8. The molecular formula is C22H22F2N6O2. The van der Waals surface area contributed by atoms with Crippen LogP contribution in [0, 0.1) is 23.1 Å². The fraction of sp³-hybridized carbons (Fsp3) is 0.227. The van der Waals surface area contributed by atoms with E-state index in [4.69, 9.17) is 27.2 Å². The van der Waals surface area contributed by atoms with Crippen molar-refractivity contribution in [2.45, 2.75) is 18.9 Å². The van der Waals surface area contributed by atoms with Crippen LogP contribution >= 0.6 is 0 Å². The molecule has 0 spiro atoms. The van der Waals surface area contributed by atoms with Gasteiger partial charge in [0.25, 0.3) is 5.91 Å². The highest BCUT2D eigenvalue weighted by molar-refractivity contribution is 6.24. The van der Waals surface area contributed by atoms with Gasteiger partial charge in [0, 0.05) is 12.6 Å². The van der Waals surface area contributed by atoms with E-state index < -0.39 is 17.5 Å². The molecule has 1 amide bonds. The monoisotopic (exact) mass is 440 g/mol. The lowest BCUT2D eigenvalue weighted by Gasteiger charge is -2.26. The molecule has 10 heteroatoms. The van der Waals surface area contributed by atoms with Crippen molar-refractivity contribution < 1.29 is 18.3 Å². The normalized spacial score (nSPS) is 17.3. The summed E-state index contributed by atoms with van der Waals surface area (Å²) in [5.41, 5.74) is 18.0. The summed E-state index contributed by atoms with van der Waals surface area (Å²) < 4.78 is 32.2. The average molecular weight is 440 g/mol. The molecule has 2 aromatic carbocycles. The van der Waals surface area contributed by atoms with Gasteiger partial charge in [-0.25, -0.2) is 8.78 Å². The Morgan fingerprint density at radius 2 is 1.88 bits per heavy atom. The van der Waals surface area contributed by atoms with Crippen LogP contribution in [-0.2, 0) is 4.79 Å². The van der Waals surface area contributed by atoms with E-state index in [9.17, 15) is 13.6 Å². The van der Waals surface area contributed by atoms with Crippen molar-refractivity contribution in [2.75, 3.05) is 13.1 Å². The van der Waals surface area contributed by atoms with E-state index in [2.05, 4.69) is 11.2 Å². The van der Waals surface area contributed by atoms with Crippen LogP contribution in [0.15, 0.2) is 53.0 Å². The maximum Gasteiger partial charge on any atom is 0.254 e. The minimum absolute atomic E-state index is 0.0196. The molecule has 8 nitrogen and oxygen atoms in total. The summed E-state index contributed by atoms with van der Waals surface area (Å²) in [6.45, 7) is 1.05. The predicted octanol–water partition coefficient (Wildman–Crippen LogP) is 2.21. The molecule has 1 aliphatic heterocycles. The number of hydrogen-bond acceptors (Lipinski definition) is 6. The SMILES string of the molecule is N#CN1CCC[C@H](N=C(N)C(C(N)=O)=C(N)c2ccc(Oc3ccc(F)cc3F)cc2)C1. The molecule has 0 radical (unpaired) electrons. The Morgan fingerprint density at radius 1 is 1.16 bits per heavy atom. The summed E-state index contributed by atoms with van der Waals surface area (Å²) in [7, 11) is 0. The molecule has 1 atom stereocenters. The number of nitrogens with two attached hydrogens (primary N) is 3. The van der Waals surface area contributed by atoms with Gasteiger partial charge in [-0.15, -0.1) is 0 Å². The van der Waals surface area contributed by atoms with E-state index in [1.165, 1.54) is 18.2 Å². The average Bonchev–Trinajstić information content (AvgIpc) is 2.76. The van der Waals surface area contributed by atoms with Gasteiger partial charge in [-0.1, -0.05) is 0 Å². The Kier molecular flexibility index (Phi) is 6.90. The molecule has 0 saturated carbocycles. The van der Waals surface area contributed by atoms with Gasteiger partial charge >= 0.3 is 0 Å². The Balaban J connectivity index is 1.83. The first-order chi connectivity index (χ1) is 15.3. The highest BCUT2D eigenvalue weighted by Gasteiger charge is 2.22. The number of ether oxygens (including phenoxy) is 1. The summed E-state index contributed by atoms with van der Waals surface area (Å²) in [5.74, 6) is -2.37. The molecule has 0 aliphatic carbocycles. The molecule has 2 aromatic rings. The van der Waals surface area contributed by atoms with Gasteiger partial charge in [0.1, 0.15) is 23.0 Å². The van der Waals surface area contributed by atoms with Gasteiger partial charge in [0.15, 0.2) is 17.8 Å². The van der Waals surface area contributed by atoms with Crippen molar-refractivity contribution in [3.05, 3.63) is 65.2 Å². The number of halogens is 2. The van der Waals surface area contributed by atoms with Crippen LogP contribution in [0.3, 0.4) is 0 Å². The number of rotatable bonds is 6. The first-order valence-electron chi connectivity index (χ1n) is 9.79. The largest absolute Gasteiger partial charge is 0.454 e. The smallest absolute Gasteiger partial charge is 0.254 e. The molecule has 166 valence electrons. The quantitative estimate of drug-likeness (QED) is 0.272. The Morgan fingerprint density at radius 3 is 2.50 bits per heavy atom. The molecule has 1 heterocycles. The molecule has 1 fully saturated rings. The number of hydrogen-bond donors (Lipinski definition) is 3. The van der Waals surface area contributed by atoms with Gasteiger partial charge in [-0.2, -0.15) is 5.26 Å². The number of amidine groups is 1. The Bertz CT molecular complexity index is 1110. The van der Waals surface area contributed by atoms with Gasteiger partial charge in [-0.05, 0) is 54.8 Å². The lowest BCUT2D eigenvalue weighted by atomic mass is 10.0. The number of nitrogens with zero attached hydrogens (tertiary/aromatic N) is 3. The third-order valence-corrected chi connectivity index (χ3v) is 4.92. The van der Waals surface area contributed by atoms with Crippen LogP contribution in [0.4, 0.5) is 8.78 Å². The zero-order valence-corrected chi connectivity index (χ0v) is 17.1. The number of aliphatic imine (C=N–C) groups is 1. The van der Waals surface area contributed by atoms with Crippen molar-refractivity contribution in [2.24, 2.45) is 22.2 Å². The minimum atomic E-state index is -0.842. The number of piperidine rings is 1. The van der Waals surface area contributed by atoms with E-state index in [0.717, 1.165) is 18.9 Å². The Hall–Kier alpha value is -4.13. The molecule has 1 aliphatic rings. The second-order valence-corrected chi connectivity index (χ2v) is 7.21. The topological polar surface area (TPSA) is 144 Å². The number of nitriles is 1. The Labute approximate surface area is 183 Å². The van der Waals surface area contributed by atoms with Crippen molar-refractivity contribution in [1.29, 1.82) is 5.26 Å². The number of carbonyl (C=O) groups is 1. The van der Waals surface area contributed by atoms with Crippen LogP contribution in [0.25, 0.3) is 5.70 Å². The van der Waals surface area contributed by atoms with E-state index >= 15 is 0 Å². The third kappa shape index (κ3) is 5.31. The number of primary amides is 1. The van der Waals surface area contributed by atoms with Crippen LogP contribution in [0.1, 0.15) is 18.4 Å². The first kappa shape index (κ1) is 22.6. The summed E-state index contributed by atoms with van der Waals surface area (Å²) in [6.07, 6.45) is 3.57. The second kappa shape index (κ2) is 9.78. The molecule has 32 heavy (non-hydrogen) atoms. The summed E-state index contributed by atoms with van der Waals surface area (Å²) in [6, 6.07) is 8.80. The maximum absolute atomic E-state index is 13.8. The molecule has 0 bridgehead atoms. The van der Waals surface area contributed by atoms with Crippen molar-refractivity contribution >= 4 is 17.4 Å². The first-order valence-corrected chi connectivity index (χ1v) is 9.79. The number of carbonyl (C=O) groups excluding carboxylic acids is 1. The van der Waals surface area contributed by atoms with Crippen LogP contribution < -0.4 is 21.9 Å². The van der Waals surface area contributed by atoms with Crippen LogP contribution in [-0.4, -0.2) is 35.8 Å². The van der Waals surface area contributed by atoms with E-state index in [1.54, 1.807) is 17.0 Å². The zero-order valence-electron chi connectivity index (χ0n) is 17.1. The molecule has 0 aromatic heterocycles. The van der Waals surface area contributed by atoms with Gasteiger partial charge in [0.05, 0.1) is 18.3 Å². The van der Waals surface area contributed by atoms with Crippen LogP contribution in [0.2, 0.25) is 0 Å². The highest BCUT2D eigenvalue weighted by Crippen LogP contribution is 2.26. The lowest BCUT2D eigenvalue weighted by Crippen LogP contribution is -2.37. The van der Waals surface area contributed by atoms with Gasteiger partial charge < -0.3 is 26.8 Å². The molecule has 6 N–H and O–H groups in total. The summed E-state index contributed by atoms with van der Waals surface area (Å²) in [4.78, 5) is 18.0. The highest BCUT2D eigenvalue weighted by atomic mass is 19.1. The fourth-order valence-electron chi connectivity index (χ4n) is 3.34. The number of amides is 1. The fourth-order valence-corrected chi connectivity index (χ4v) is 3.34. The third-order valence-electron chi connectivity index (χ3n) is 4.92. The zero-order chi connectivity index (χ0) is 23.3. The molecule has 1 saturated heterocycles. The molecular weight excluding hydrogens is 418 g/mol. The standard InChI is InChI=1S/C22H22F2N6O2/c23-14-5-8-18(17(24)10-14)32-16-6-3-13(4-7-16)20(26)19(22(28)31)21(27)29-15-2-1-9-30(11-15)12-25/h3-8,10,15H,1-2,9,11,26H2,(H2,27,29)(H2,28,31)/t15-/m0/s1. The number of likely N-dealkylation sites (tertiary alicyclic amines) is 1. The van der Waals surface area contributed by atoms with E-state index in [0.29, 0.717) is 24.7 Å².